The van der Waals surface area contributed by atoms with Crippen LogP contribution in [-0.4, -0.2) is 47.9 Å². The molecule has 0 atom stereocenters. The van der Waals surface area contributed by atoms with Gasteiger partial charge in [-0.15, -0.1) is 0 Å². The number of ether oxygens (including phenoxy) is 1. The second-order valence-electron chi connectivity index (χ2n) is 10.2. The first-order chi connectivity index (χ1) is 18.1. The highest BCUT2D eigenvalue weighted by atomic mass is 19.1. The molecule has 0 saturated heterocycles. The number of benzene rings is 2. The van der Waals surface area contributed by atoms with Crippen LogP contribution in [0.4, 0.5) is 26.1 Å². The predicted octanol–water partition coefficient (Wildman–Crippen LogP) is 5.38. The van der Waals surface area contributed by atoms with Crippen molar-refractivity contribution in [3.8, 4) is 11.5 Å². The molecule has 2 heterocycles. The second-order valence-corrected chi connectivity index (χ2v) is 10.2. The molecule has 1 aromatic heterocycles. The van der Waals surface area contributed by atoms with Crippen molar-refractivity contribution in [2.24, 2.45) is 0 Å². The van der Waals surface area contributed by atoms with Crippen LogP contribution in [0.5, 0.6) is 0 Å². The maximum Gasteiger partial charge on any atom is 0.307 e. The highest BCUT2D eigenvalue weighted by Crippen LogP contribution is 2.36. The number of halogens is 2. The standard InChI is InChI=1S/C28H35F2N5O3/c1-6-34(7-2)20-15-21(29)25(22(30)16-20)26-32-27(33-38-26)35-13-11-19-14-18(8-9-23(19)35)17-31-12-10-24(36)37-28(3,4)5/h8-9,14-16,31H,6-7,10-13,17H2,1-5H3. The molecule has 0 unspecified atom stereocenters. The molecule has 0 radical (unpaired) electrons. The predicted molar refractivity (Wildman–Crippen MR) is 143 cm³/mol. The lowest BCUT2D eigenvalue weighted by Crippen LogP contribution is -2.26. The maximum atomic E-state index is 14.9. The number of hydrogen-bond donors (Lipinski definition) is 1. The Morgan fingerprint density at radius 3 is 2.53 bits per heavy atom. The van der Waals surface area contributed by atoms with Crippen LogP contribution < -0.4 is 15.1 Å². The fourth-order valence-electron chi connectivity index (χ4n) is 4.55. The monoisotopic (exact) mass is 527 g/mol. The Kier molecular flexibility index (Phi) is 8.30. The van der Waals surface area contributed by atoms with Crippen LogP contribution in [0.1, 0.15) is 52.2 Å². The molecule has 0 bridgehead atoms. The van der Waals surface area contributed by atoms with Gasteiger partial charge >= 0.3 is 5.97 Å². The summed E-state index contributed by atoms with van der Waals surface area (Å²) in [6, 6.07) is 8.66. The van der Waals surface area contributed by atoms with Gasteiger partial charge in [-0.3, -0.25) is 4.79 Å². The van der Waals surface area contributed by atoms with Crippen LogP contribution in [0.25, 0.3) is 11.5 Å². The van der Waals surface area contributed by atoms with Gasteiger partial charge in [0.1, 0.15) is 22.8 Å². The average Bonchev–Trinajstić information content (AvgIpc) is 3.48. The van der Waals surface area contributed by atoms with E-state index in [0.29, 0.717) is 44.8 Å². The van der Waals surface area contributed by atoms with E-state index in [-0.39, 0.29) is 23.4 Å². The van der Waals surface area contributed by atoms with Crippen LogP contribution >= 0.6 is 0 Å². The third-order valence-electron chi connectivity index (χ3n) is 6.32. The van der Waals surface area contributed by atoms with E-state index in [9.17, 15) is 13.6 Å². The Morgan fingerprint density at radius 2 is 1.87 bits per heavy atom. The molecule has 0 saturated carbocycles. The van der Waals surface area contributed by atoms with E-state index < -0.39 is 17.2 Å². The van der Waals surface area contributed by atoms with Gasteiger partial charge in [-0.1, -0.05) is 12.1 Å². The highest BCUT2D eigenvalue weighted by Gasteiger charge is 2.27. The van der Waals surface area contributed by atoms with Gasteiger partial charge in [0, 0.05) is 44.1 Å². The summed E-state index contributed by atoms with van der Waals surface area (Å²) in [7, 11) is 0. The number of rotatable bonds is 10. The number of carbonyl (C=O) groups is 1. The molecular weight excluding hydrogens is 492 g/mol. The van der Waals surface area contributed by atoms with Crippen LogP contribution in [0.3, 0.4) is 0 Å². The maximum absolute atomic E-state index is 14.9. The van der Waals surface area contributed by atoms with Crippen molar-refractivity contribution < 1.29 is 22.8 Å². The summed E-state index contributed by atoms with van der Waals surface area (Å²) in [5, 5.41) is 7.28. The minimum atomic E-state index is -0.743. The number of esters is 1. The molecule has 0 spiro atoms. The van der Waals surface area contributed by atoms with Crippen molar-refractivity contribution in [1.82, 2.24) is 15.5 Å². The zero-order valence-corrected chi connectivity index (χ0v) is 22.6. The number of nitrogens with zero attached hydrogens (tertiary/aromatic N) is 4. The zero-order chi connectivity index (χ0) is 27.4. The molecule has 1 aliphatic rings. The molecule has 3 aromatic rings. The first-order valence-electron chi connectivity index (χ1n) is 13.0. The van der Waals surface area contributed by atoms with Gasteiger partial charge in [0.05, 0.1) is 6.42 Å². The molecule has 2 aromatic carbocycles. The number of anilines is 3. The fourth-order valence-corrected chi connectivity index (χ4v) is 4.55. The molecule has 38 heavy (non-hydrogen) atoms. The molecule has 10 heteroatoms. The Balaban J connectivity index is 1.41. The average molecular weight is 528 g/mol. The van der Waals surface area contributed by atoms with Gasteiger partial charge in [-0.2, -0.15) is 4.98 Å². The molecule has 4 rings (SSSR count). The number of aromatic nitrogens is 2. The van der Waals surface area contributed by atoms with Gasteiger partial charge in [0.2, 0.25) is 0 Å². The minimum Gasteiger partial charge on any atom is -0.460 e. The molecule has 1 aliphatic heterocycles. The number of nitrogens with one attached hydrogen (secondary N) is 1. The van der Waals surface area contributed by atoms with Crippen molar-refractivity contribution in [2.75, 3.05) is 36.0 Å². The zero-order valence-electron chi connectivity index (χ0n) is 22.6. The van der Waals surface area contributed by atoms with E-state index in [1.54, 1.807) is 0 Å². The molecule has 1 N–H and O–H groups in total. The van der Waals surface area contributed by atoms with E-state index in [1.807, 2.05) is 56.6 Å². The molecule has 204 valence electrons. The van der Waals surface area contributed by atoms with Crippen molar-refractivity contribution in [3.63, 3.8) is 0 Å². The Bertz CT molecular complexity index is 1260. The van der Waals surface area contributed by atoms with Crippen LogP contribution in [0.2, 0.25) is 0 Å². The number of fused-ring (bicyclic) bond motifs is 1. The number of hydrogen-bond acceptors (Lipinski definition) is 8. The summed E-state index contributed by atoms with van der Waals surface area (Å²) in [5.74, 6) is -1.65. The minimum absolute atomic E-state index is 0.194. The third kappa shape index (κ3) is 6.30. The first-order valence-corrected chi connectivity index (χ1v) is 13.0. The van der Waals surface area contributed by atoms with Crippen molar-refractivity contribution in [2.45, 2.75) is 59.6 Å². The summed E-state index contributed by atoms with van der Waals surface area (Å²) < 4.78 is 40.4. The van der Waals surface area contributed by atoms with E-state index in [4.69, 9.17) is 9.26 Å². The van der Waals surface area contributed by atoms with Gasteiger partial charge in [-0.05, 0) is 75.5 Å². The summed E-state index contributed by atoms with van der Waals surface area (Å²) in [6.07, 6.45) is 1.07. The third-order valence-corrected chi connectivity index (χ3v) is 6.32. The summed E-state index contributed by atoms with van der Waals surface area (Å²) in [6.45, 7) is 12.4. The molecule has 0 aliphatic carbocycles. The lowest BCUT2D eigenvalue weighted by atomic mass is 10.1. The largest absolute Gasteiger partial charge is 0.460 e. The van der Waals surface area contributed by atoms with Gasteiger partial charge in [0.15, 0.2) is 0 Å². The molecule has 8 nitrogen and oxygen atoms in total. The lowest BCUT2D eigenvalue weighted by Gasteiger charge is -2.21. The molecule has 0 fully saturated rings. The first kappa shape index (κ1) is 27.5. The van der Waals surface area contributed by atoms with Crippen LogP contribution in [-0.2, 0) is 22.5 Å². The van der Waals surface area contributed by atoms with Gasteiger partial charge in [-0.25, -0.2) is 8.78 Å². The summed E-state index contributed by atoms with van der Waals surface area (Å²) in [5.41, 5.74) is 2.78. The Labute approximate surface area is 222 Å². The van der Waals surface area contributed by atoms with E-state index in [1.165, 1.54) is 12.1 Å². The van der Waals surface area contributed by atoms with E-state index in [0.717, 1.165) is 23.2 Å². The van der Waals surface area contributed by atoms with Crippen molar-refractivity contribution in [1.29, 1.82) is 0 Å². The van der Waals surface area contributed by atoms with Crippen LogP contribution in [0.15, 0.2) is 34.9 Å². The van der Waals surface area contributed by atoms with Crippen molar-refractivity contribution >= 4 is 23.3 Å². The normalized spacial score (nSPS) is 13.1. The topological polar surface area (TPSA) is 83.7 Å². The van der Waals surface area contributed by atoms with E-state index in [2.05, 4.69) is 21.5 Å². The summed E-state index contributed by atoms with van der Waals surface area (Å²) in [4.78, 5) is 19.9. The van der Waals surface area contributed by atoms with E-state index >= 15 is 0 Å². The summed E-state index contributed by atoms with van der Waals surface area (Å²) >= 11 is 0. The fraction of sp³-hybridized carbons (Fsp3) is 0.464. The lowest BCUT2D eigenvalue weighted by molar-refractivity contribution is -0.154. The Hall–Kier alpha value is -3.53. The highest BCUT2D eigenvalue weighted by molar-refractivity contribution is 5.70. The smallest absolute Gasteiger partial charge is 0.307 e. The molecular formula is C28H35F2N5O3. The van der Waals surface area contributed by atoms with Gasteiger partial charge in [0.25, 0.3) is 11.8 Å². The SMILES string of the molecule is CCN(CC)c1cc(F)c(-c2nc(N3CCc4cc(CNCCC(=O)OC(C)(C)C)ccc43)no2)c(F)c1. The van der Waals surface area contributed by atoms with Crippen molar-refractivity contribution in [3.05, 3.63) is 53.1 Å². The quantitative estimate of drug-likeness (QED) is 0.278. The second kappa shape index (κ2) is 11.5. The Morgan fingerprint density at radius 1 is 1.16 bits per heavy atom. The van der Waals surface area contributed by atoms with Gasteiger partial charge < -0.3 is 24.4 Å². The number of carbonyl (C=O) groups excluding carboxylic acids is 1. The van der Waals surface area contributed by atoms with Crippen LogP contribution in [0, 0.1) is 11.6 Å². The molecule has 0 amide bonds.